The normalized spacial score (nSPS) is 28.6. The van der Waals surface area contributed by atoms with E-state index >= 15 is 0 Å². The van der Waals surface area contributed by atoms with Crippen molar-refractivity contribution in [2.75, 3.05) is 0 Å². The Labute approximate surface area is 118 Å². The highest BCUT2D eigenvalue weighted by Crippen LogP contribution is 2.41. The number of fused-ring (bicyclic) bond motifs is 1. The Hall–Kier alpha value is -1.68. The maximum Gasteiger partial charge on any atom is 0.261 e. The van der Waals surface area contributed by atoms with Crippen LogP contribution in [0.5, 0.6) is 0 Å². The van der Waals surface area contributed by atoms with Gasteiger partial charge >= 0.3 is 0 Å². The fourth-order valence-corrected chi connectivity index (χ4v) is 3.35. The Morgan fingerprint density at radius 2 is 1.70 bits per heavy atom. The van der Waals surface area contributed by atoms with E-state index in [1.807, 2.05) is 0 Å². The van der Waals surface area contributed by atoms with E-state index in [-0.39, 0.29) is 23.3 Å². The number of amides is 2. The van der Waals surface area contributed by atoms with Crippen LogP contribution in [-0.4, -0.2) is 34.0 Å². The summed E-state index contributed by atoms with van der Waals surface area (Å²) in [6, 6.07) is 6.70. The van der Waals surface area contributed by atoms with Crippen LogP contribution in [0.1, 0.15) is 53.8 Å². The molecule has 1 N–H and O–H groups in total. The average Bonchev–Trinajstić information content (AvgIpc) is 2.66. The van der Waals surface area contributed by atoms with Crippen LogP contribution in [0.25, 0.3) is 0 Å². The molecule has 0 saturated heterocycles. The number of aliphatic hydroxyl groups excluding tert-OH is 1. The van der Waals surface area contributed by atoms with Gasteiger partial charge in [0.2, 0.25) is 0 Å². The van der Waals surface area contributed by atoms with Crippen LogP contribution in [-0.2, 0) is 0 Å². The largest absolute Gasteiger partial charge is 0.393 e. The summed E-state index contributed by atoms with van der Waals surface area (Å²) in [6.45, 7) is 4.13. The number of carbonyl (C=O) groups is 2. The summed E-state index contributed by atoms with van der Waals surface area (Å²) < 4.78 is 0. The second-order valence-electron chi connectivity index (χ2n) is 6.46. The van der Waals surface area contributed by atoms with Crippen molar-refractivity contribution >= 4 is 11.8 Å². The van der Waals surface area contributed by atoms with Crippen LogP contribution in [0.3, 0.4) is 0 Å². The smallest absolute Gasteiger partial charge is 0.261 e. The number of imide groups is 1. The van der Waals surface area contributed by atoms with E-state index in [1.165, 1.54) is 4.90 Å². The number of hydrogen-bond acceptors (Lipinski definition) is 3. The molecule has 2 aliphatic rings. The molecule has 1 heterocycles. The molecule has 1 aromatic rings. The maximum absolute atomic E-state index is 12.5. The molecule has 1 aromatic carbocycles. The predicted octanol–water partition coefficient (Wildman–Crippen LogP) is 2.22. The molecule has 0 aromatic heterocycles. The van der Waals surface area contributed by atoms with E-state index < -0.39 is 6.10 Å². The van der Waals surface area contributed by atoms with Crippen molar-refractivity contribution in [2.45, 2.75) is 45.3 Å². The minimum Gasteiger partial charge on any atom is -0.393 e. The molecule has 4 heteroatoms. The zero-order valence-electron chi connectivity index (χ0n) is 11.8. The first kappa shape index (κ1) is 13.3. The standard InChI is InChI=1S/C16H19NO3/c1-16(2)8-7-10(18)9-13(16)17-14(19)11-5-3-4-6-12(11)15(17)20/h3-6,10,13,18H,7-9H2,1-2H3/t10-,13-/m1/s1. The number of rotatable bonds is 1. The molecule has 0 unspecified atom stereocenters. The van der Waals surface area contributed by atoms with E-state index in [9.17, 15) is 14.7 Å². The second kappa shape index (κ2) is 4.42. The van der Waals surface area contributed by atoms with Gasteiger partial charge in [0.25, 0.3) is 11.8 Å². The topological polar surface area (TPSA) is 57.6 Å². The van der Waals surface area contributed by atoms with Gasteiger partial charge in [-0.25, -0.2) is 0 Å². The van der Waals surface area contributed by atoms with Gasteiger partial charge in [0.1, 0.15) is 0 Å². The predicted molar refractivity (Wildman–Crippen MR) is 74.4 cm³/mol. The van der Waals surface area contributed by atoms with Crippen molar-refractivity contribution in [3.05, 3.63) is 35.4 Å². The highest BCUT2D eigenvalue weighted by atomic mass is 16.3. The molecule has 106 valence electrons. The van der Waals surface area contributed by atoms with Crippen LogP contribution in [0.2, 0.25) is 0 Å². The maximum atomic E-state index is 12.5. The van der Waals surface area contributed by atoms with Gasteiger partial charge in [0, 0.05) is 6.04 Å². The van der Waals surface area contributed by atoms with Gasteiger partial charge in [-0.1, -0.05) is 26.0 Å². The molecule has 4 nitrogen and oxygen atoms in total. The SMILES string of the molecule is CC1(C)CC[C@@H](O)C[C@H]1N1C(=O)c2ccccc2C1=O. The minimum absolute atomic E-state index is 0.160. The van der Waals surface area contributed by atoms with E-state index in [1.54, 1.807) is 24.3 Å². The lowest BCUT2D eigenvalue weighted by Crippen LogP contribution is -2.52. The summed E-state index contributed by atoms with van der Waals surface area (Å²) in [6.07, 6.45) is 1.58. The third kappa shape index (κ3) is 1.86. The van der Waals surface area contributed by atoms with Crippen molar-refractivity contribution in [3.8, 4) is 0 Å². The van der Waals surface area contributed by atoms with Crippen molar-refractivity contribution in [2.24, 2.45) is 5.41 Å². The Morgan fingerprint density at radius 3 is 2.25 bits per heavy atom. The summed E-state index contributed by atoms with van der Waals surface area (Å²) >= 11 is 0. The molecule has 0 spiro atoms. The molecule has 2 amide bonds. The van der Waals surface area contributed by atoms with E-state index in [2.05, 4.69) is 13.8 Å². The number of carbonyl (C=O) groups excluding carboxylic acids is 2. The van der Waals surface area contributed by atoms with Gasteiger partial charge in [0.05, 0.1) is 17.2 Å². The summed E-state index contributed by atoms with van der Waals surface area (Å²) in [4.78, 5) is 26.4. The molecule has 1 saturated carbocycles. The summed E-state index contributed by atoms with van der Waals surface area (Å²) in [5.74, 6) is -0.449. The van der Waals surface area contributed by atoms with Gasteiger partial charge < -0.3 is 5.11 Å². The van der Waals surface area contributed by atoms with Crippen LogP contribution < -0.4 is 0 Å². The Morgan fingerprint density at radius 1 is 1.15 bits per heavy atom. The van der Waals surface area contributed by atoms with Gasteiger partial charge in [0.15, 0.2) is 0 Å². The molecular weight excluding hydrogens is 254 g/mol. The lowest BCUT2D eigenvalue weighted by atomic mass is 9.71. The number of nitrogens with zero attached hydrogens (tertiary/aromatic N) is 1. The highest BCUT2D eigenvalue weighted by molar-refractivity contribution is 6.21. The third-order valence-corrected chi connectivity index (χ3v) is 4.66. The van der Waals surface area contributed by atoms with Crippen LogP contribution in [0.4, 0.5) is 0 Å². The van der Waals surface area contributed by atoms with Crippen LogP contribution in [0, 0.1) is 5.41 Å². The van der Waals surface area contributed by atoms with Gasteiger partial charge in [-0.15, -0.1) is 0 Å². The molecule has 3 rings (SSSR count). The Bertz CT molecular complexity index is 544. The van der Waals surface area contributed by atoms with Crippen molar-refractivity contribution in [3.63, 3.8) is 0 Å². The number of hydrogen-bond donors (Lipinski definition) is 1. The first-order valence-electron chi connectivity index (χ1n) is 7.07. The monoisotopic (exact) mass is 273 g/mol. The van der Waals surface area contributed by atoms with Crippen molar-refractivity contribution in [1.29, 1.82) is 0 Å². The first-order chi connectivity index (χ1) is 9.42. The molecule has 1 fully saturated rings. The lowest BCUT2D eigenvalue weighted by molar-refractivity contribution is 0.000400. The average molecular weight is 273 g/mol. The summed E-state index contributed by atoms with van der Waals surface area (Å²) in [7, 11) is 0. The third-order valence-electron chi connectivity index (χ3n) is 4.66. The molecular formula is C16H19NO3. The molecule has 0 bridgehead atoms. The molecule has 0 radical (unpaired) electrons. The molecule has 20 heavy (non-hydrogen) atoms. The van der Waals surface area contributed by atoms with Crippen molar-refractivity contribution in [1.82, 2.24) is 4.90 Å². The van der Waals surface area contributed by atoms with E-state index in [4.69, 9.17) is 0 Å². The molecule has 2 atom stereocenters. The van der Waals surface area contributed by atoms with Gasteiger partial charge in [-0.05, 0) is 36.8 Å². The summed E-state index contributed by atoms with van der Waals surface area (Å²) in [5, 5.41) is 9.91. The minimum atomic E-state index is -0.433. The Balaban J connectivity index is 1.99. The van der Waals surface area contributed by atoms with Gasteiger partial charge in [-0.2, -0.15) is 0 Å². The lowest BCUT2D eigenvalue weighted by Gasteiger charge is -2.44. The van der Waals surface area contributed by atoms with Gasteiger partial charge in [-0.3, -0.25) is 14.5 Å². The fraction of sp³-hybridized carbons (Fsp3) is 0.500. The zero-order chi connectivity index (χ0) is 14.5. The first-order valence-corrected chi connectivity index (χ1v) is 7.07. The summed E-state index contributed by atoms with van der Waals surface area (Å²) in [5.41, 5.74) is 0.800. The van der Waals surface area contributed by atoms with E-state index in [0.29, 0.717) is 17.5 Å². The van der Waals surface area contributed by atoms with Crippen molar-refractivity contribution < 1.29 is 14.7 Å². The quantitative estimate of drug-likeness (QED) is 0.798. The number of benzene rings is 1. The van der Waals surface area contributed by atoms with Crippen LogP contribution in [0.15, 0.2) is 24.3 Å². The van der Waals surface area contributed by atoms with Crippen LogP contribution >= 0.6 is 0 Å². The fourth-order valence-electron chi connectivity index (χ4n) is 3.35. The highest BCUT2D eigenvalue weighted by Gasteiger charge is 2.47. The van der Waals surface area contributed by atoms with E-state index in [0.717, 1.165) is 12.8 Å². The molecule has 1 aliphatic carbocycles. The zero-order valence-corrected chi connectivity index (χ0v) is 11.8. The Kier molecular flexibility index (Phi) is 2.94. The molecule has 1 aliphatic heterocycles. The second-order valence-corrected chi connectivity index (χ2v) is 6.46. The number of aliphatic hydroxyl groups is 1.